The van der Waals surface area contributed by atoms with Gasteiger partial charge in [0.2, 0.25) is 0 Å². The highest BCUT2D eigenvalue weighted by Crippen LogP contribution is 2.31. The molecule has 3 aromatic rings. The van der Waals surface area contributed by atoms with E-state index in [2.05, 4.69) is 38.6 Å². The summed E-state index contributed by atoms with van der Waals surface area (Å²) in [5.41, 5.74) is 2.30. The normalized spacial score (nSPS) is 17.0. The number of nitrogens with one attached hydrogen (secondary N) is 1. The maximum Gasteiger partial charge on any atom is 0.274 e. The fraction of sp³-hybridized carbons (Fsp3) is 0.400. The molecule has 1 aliphatic heterocycles. The molecule has 1 aliphatic rings. The molecular weight excluding hydrogens is 340 g/mol. The monoisotopic (exact) mass is 364 g/mol. The van der Waals surface area contributed by atoms with Crippen molar-refractivity contribution < 1.29 is 4.79 Å². The van der Waals surface area contributed by atoms with Crippen molar-refractivity contribution >= 4 is 5.91 Å². The topological polar surface area (TPSA) is 79.7 Å². The standard InChI is InChI=1S/C20H24N6O/c1-14(2)19-22-9-11-25(19)13-15-12-17(24-23-15)20(27)26-10-5-7-18(26)16-6-3-4-8-21-16/h3-4,6,8-9,11-12,14,18H,5,7,10,13H2,1-2H3,(H,23,24)/t18-/m1/s1. The smallest absolute Gasteiger partial charge is 0.274 e. The molecule has 1 saturated heterocycles. The summed E-state index contributed by atoms with van der Waals surface area (Å²) in [4.78, 5) is 23.7. The van der Waals surface area contributed by atoms with E-state index in [1.807, 2.05) is 35.4 Å². The van der Waals surface area contributed by atoms with E-state index < -0.39 is 0 Å². The molecule has 1 fully saturated rings. The predicted octanol–water partition coefficient (Wildman–Crippen LogP) is 3.15. The number of H-pyrrole nitrogens is 1. The highest BCUT2D eigenvalue weighted by Gasteiger charge is 2.32. The zero-order valence-corrected chi connectivity index (χ0v) is 15.7. The number of likely N-dealkylation sites (tertiary alicyclic amines) is 1. The van der Waals surface area contributed by atoms with Gasteiger partial charge in [0.05, 0.1) is 24.0 Å². The summed E-state index contributed by atoms with van der Waals surface area (Å²) in [6.45, 7) is 5.59. The highest BCUT2D eigenvalue weighted by molar-refractivity contribution is 5.92. The summed E-state index contributed by atoms with van der Waals surface area (Å²) in [6, 6.07) is 7.72. The van der Waals surface area contributed by atoms with Crippen LogP contribution in [-0.2, 0) is 6.54 Å². The minimum atomic E-state index is -0.0413. The van der Waals surface area contributed by atoms with E-state index in [1.165, 1.54) is 0 Å². The van der Waals surface area contributed by atoms with Crippen molar-refractivity contribution in [2.45, 2.75) is 45.2 Å². The van der Waals surface area contributed by atoms with Crippen molar-refractivity contribution in [3.05, 3.63) is 65.8 Å². The molecule has 0 radical (unpaired) electrons. The van der Waals surface area contributed by atoms with Gasteiger partial charge in [-0.2, -0.15) is 5.10 Å². The number of pyridine rings is 1. The Labute approximate surface area is 158 Å². The van der Waals surface area contributed by atoms with Crippen molar-refractivity contribution in [3.63, 3.8) is 0 Å². The van der Waals surface area contributed by atoms with Crippen LogP contribution < -0.4 is 0 Å². The van der Waals surface area contributed by atoms with E-state index in [-0.39, 0.29) is 11.9 Å². The molecule has 27 heavy (non-hydrogen) atoms. The number of hydrogen-bond acceptors (Lipinski definition) is 4. The number of amides is 1. The number of rotatable bonds is 5. The predicted molar refractivity (Wildman–Crippen MR) is 101 cm³/mol. The first-order valence-corrected chi connectivity index (χ1v) is 9.40. The van der Waals surface area contributed by atoms with E-state index in [0.29, 0.717) is 18.2 Å². The fourth-order valence-corrected chi connectivity index (χ4v) is 3.73. The second-order valence-electron chi connectivity index (χ2n) is 7.26. The number of carbonyl (C=O) groups excluding carboxylic acids is 1. The molecule has 0 unspecified atom stereocenters. The number of aromatic nitrogens is 5. The van der Waals surface area contributed by atoms with Crippen molar-refractivity contribution in [2.24, 2.45) is 0 Å². The van der Waals surface area contributed by atoms with E-state index >= 15 is 0 Å². The summed E-state index contributed by atoms with van der Waals surface area (Å²) in [5.74, 6) is 1.32. The Morgan fingerprint density at radius 1 is 1.30 bits per heavy atom. The van der Waals surface area contributed by atoms with Crippen LogP contribution in [0.3, 0.4) is 0 Å². The number of carbonyl (C=O) groups is 1. The van der Waals surface area contributed by atoms with Crippen LogP contribution in [0.15, 0.2) is 42.9 Å². The summed E-state index contributed by atoms with van der Waals surface area (Å²) in [6.07, 6.45) is 7.46. The Hall–Kier alpha value is -2.96. The van der Waals surface area contributed by atoms with E-state index in [0.717, 1.165) is 36.6 Å². The summed E-state index contributed by atoms with van der Waals surface area (Å²) in [7, 11) is 0. The van der Waals surface area contributed by atoms with Crippen LogP contribution in [0.4, 0.5) is 0 Å². The zero-order valence-electron chi connectivity index (χ0n) is 15.7. The molecule has 7 nitrogen and oxygen atoms in total. The second-order valence-corrected chi connectivity index (χ2v) is 7.26. The summed E-state index contributed by atoms with van der Waals surface area (Å²) in [5, 5.41) is 7.28. The molecule has 140 valence electrons. The number of aromatic amines is 1. The third kappa shape index (κ3) is 3.49. The van der Waals surface area contributed by atoms with Crippen LogP contribution in [0.25, 0.3) is 0 Å². The first kappa shape index (κ1) is 17.5. The van der Waals surface area contributed by atoms with Gasteiger partial charge in [0.15, 0.2) is 0 Å². The lowest BCUT2D eigenvalue weighted by molar-refractivity contribution is 0.0727. The quantitative estimate of drug-likeness (QED) is 0.754. The molecule has 0 bridgehead atoms. The molecule has 1 amide bonds. The Bertz CT molecular complexity index is 913. The maximum absolute atomic E-state index is 13.0. The zero-order chi connectivity index (χ0) is 18.8. The third-order valence-corrected chi connectivity index (χ3v) is 5.00. The van der Waals surface area contributed by atoms with Crippen LogP contribution in [0.1, 0.15) is 66.3 Å². The second kappa shape index (κ2) is 7.34. The van der Waals surface area contributed by atoms with Crippen molar-refractivity contribution in [1.29, 1.82) is 0 Å². The van der Waals surface area contributed by atoms with Crippen LogP contribution in [0.2, 0.25) is 0 Å². The molecule has 1 N–H and O–H groups in total. The van der Waals surface area contributed by atoms with Gasteiger partial charge in [-0.25, -0.2) is 4.98 Å². The molecule has 4 heterocycles. The summed E-state index contributed by atoms with van der Waals surface area (Å²) < 4.78 is 2.08. The van der Waals surface area contributed by atoms with Crippen LogP contribution in [0, 0.1) is 0 Å². The van der Waals surface area contributed by atoms with Gasteiger partial charge in [-0.15, -0.1) is 0 Å². The first-order valence-electron chi connectivity index (χ1n) is 9.40. The number of imidazole rings is 1. The van der Waals surface area contributed by atoms with Gasteiger partial charge in [-0.1, -0.05) is 19.9 Å². The highest BCUT2D eigenvalue weighted by atomic mass is 16.2. The van der Waals surface area contributed by atoms with Gasteiger partial charge < -0.3 is 9.47 Å². The molecular formula is C20H24N6O. The molecule has 0 saturated carbocycles. The van der Waals surface area contributed by atoms with Gasteiger partial charge in [0.25, 0.3) is 5.91 Å². The average molecular weight is 364 g/mol. The lowest BCUT2D eigenvalue weighted by Gasteiger charge is -2.23. The summed E-state index contributed by atoms with van der Waals surface area (Å²) >= 11 is 0. The lowest BCUT2D eigenvalue weighted by Crippen LogP contribution is -2.31. The van der Waals surface area contributed by atoms with E-state index in [1.54, 1.807) is 12.4 Å². The van der Waals surface area contributed by atoms with E-state index in [4.69, 9.17) is 0 Å². The number of hydrogen-bond donors (Lipinski definition) is 1. The van der Waals surface area contributed by atoms with Crippen LogP contribution >= 0.6 is 0 Å². The maximum atomic E-state index is 13.0. The molecule has 0 aliphatic carbocycles. The van der Waals surface area contributed by atoms with Crippen molar-refractivity contribution in [3.8, 4) is 0 Å². The lowest BCUT2D eigenvalue weighted by atomic mass is 10.1. The van der Waals surface area contributed by atoms with Gasteiger partial charge >= 0.3 is 0 Å². The molecule has 0 spiro atoms. The third-order valence-electron chi connectivity index (χ3n) is 5.00. The van der Waals surface area contributed by atoms with Gasteiger partial charge in [-0.3, -0.25) is 14.9 Å². The van der Waals surface area contributed by atoms with Crippen molar-refractivity contribution in [1.82, 2.24) is 29.6 Å². The Morgan fingerprint density at radius 2 is 2.19 bits per heavy atom. The SMILES string of the molecule is CC(C)c1nccn1Cc1cc(C(=O)N2CCC[C@@H]2c2ccccn2)n[nH]1. The fourth-order valence-electron chi connectivity index (χ4n) is 3.73. The largest absolute Gasteiger partial charge is 0.329 e. The minimum absolute atomic E-state index is 0.0278. The Balaban J connectivity index is 1.51. The van der Waals surface area contributed by atoms with Crippen LogP contribution in [-0.4, -0.2) is 42.1 Å². The molecule has 3 aromatic heterocycles. The van der Waals surface area contributed by atoms with Crippen LogP contribution in [0.5, 0.6) is 0 Å². The Kier molecular flexibility index (Phi) is 4.75. The van der Waals surface area contributed by atoms with Gasteiger partial charge in [0, 0.05) is 31.1 Å². The first-order chi connectivity index (χ1) is 13.1. The minimum Gasteiger partial charge on any atom is -0.329 e. The number of nitrogens with zero attached hydrogens (tertiary/aromatic N) is 5. The molecule has 4 rings (SSSR count). The van der Waals surface area contributed by atoms with Gasteiger partial charge in [0.1, 0.15) is 11.5 Å². The van der Waals surface area contributed by atoms with E-state index in [9.17, 15) is 4.79 Å². The average Bonchev–Trinajstić information content (AvgIpc) is 3.42. The van der Waals surface area contributed by atoms with Gasteiger partial charge in [-0.05, 0) is 31.0 Å². The molecule has 7 heteroatoms. The molecule has 1 atom stereocenters. The molecule has 0 aromatic carbocycles. The Morgan fingerprint density at radius 3 is 2.96 bits per heavy atom. The van der Waals surface area contributed by atoms with Crippen molar-refractivity contribution in [2.75, 3.05) is 6.54 Å².